The molecule has 0 aromatic rings. The second kappa shape index (κ2) is 12.8. The van der Waals surface area contributed by atoms with Crippen LogP contribution in [-0.2, 0) is 14.4 Å². The van der Waals surface area contributed by atoms with Crippen LogP contribution in [0.25, 0.3) is 0 Å². The number of hydrogen-bond acceptors (Lipinski definition) is 6. The lowest BCUT2D eigenvalue weighted by molar-refractivity contribution is -0.137. The molecule has 0 aromatic carbocycles. The maximum absolute atomic E-state index is 12.3. The van der Waals surface area contributed by atoms with Crippen molar-refractivity contribution in [2.75, 3.05) is 66.0 Å². The van der Waals surface area contributed by atoms with Crippen molar-refractivity contribution in [2.24, 2.45) is 0 Å². The highest BCUT2D eigenvalue weighted by atomic mass is 16.5. The fourth-order valence-electron chi connectivity index (χ4n) is 3.91. The normalized spacial score (nSPS) is 21.2. The highest BCUT2D eigenvalue weighted by Gasteiger charge is 2.28. The molecule has 3 N–H and O–H groups in total. The van der Waals surface area contributed by atoms with E-state index in [1.54, 1.807) is 0 Å². The van der Waals surface area contributed by atoms with Gasteiger partial charge in [0.2, 0.25) is 11.8 Å². The standard InChI is InChI=1S/C20H37N5O4/c1-23-11-13-24(14-12-23)15-17-5-4-10-25(17)16-19(27)22-8-2-6-18(26)21-9-3-7-20(28)29/h17H,2-16H2,1H3,(H,21,26)(H,22,27)(H,28,29)/i2+1,6+1,8+1,11+1,12+1,13+1,14+1,15+1,16+1,18+1,20+1,21+1,22+1,23+1. The molecule has 2 heterocycles. The van der Waals surface area contributed by atoms with Crippen LogP contribution in [0.5, 0.6) is 0 Å². The van der Waals surface area contributed by atoms with Crippen molar-refractivity contribution in [2.45, 2.75) is 44.6 Å². The Morgan fingerprint density at radius 1 is 0.931 bits per heavy atom. The number of aliphatic carboxylic acids is 1. The molecule has 2 fully saturated rings. The average molecular weight is 425 g/mol. The van der Waals surface area contributed by atoms with Crippen LogP contribution in [-0.4, -0.2) is 110 Å². The van der Waals surface area contributed by atoms with Gasteiger partial charge in [0.15, 0.2) is 0 Å². The number of nitrogens with zero attached hydrogens (tertiary/aromatic N) is 3. The largest absolute Gasteiger partial charge is 0.481 e. The van der Waals surface area contributed by atoms with E-state index in [0.717, 1.165) is 52.1 Å². The van der Waals surface area contributed by atoms with Crippen LogP contribution >= 0.6 is 0 Å². The van der Waals surface area contributed by atoms with Crippen LogP contribution in [0.15, 0.2) is 0 Å². The van der Waals surface area contributed by atoms with Crippen LogP contribution in [0, 0.1) is 0 Å². The SMILES string of the molecule is C[15N]1[13CH2][13CH2]N([13CH2]C2CCCN2[13CH2]C(=O)[15NH][13CH2][13CH2][13CH2][13C](=O)[15NH]CCC[13C](=O)O)[13CH2][13CH2]1. The number of rotatable bonds is 12. The van der Waals surface area contributed by atoms with Gasteiger partial charge in [0.1, 0.15) is 0 Å². The molecule has 0 aliphatic carbocycles. The molecule has 9 nitrogen and oxygen atoms in total. The predicted octanol–water partition coefficient (Wildman–Crippen LogP) is -0.424. The first-order valence-electron chi connectivity index (χ1n) is 10.8. The van der Waals surface area contributed by atoms with E-state index >= 15 is 0 Å². The fourth-order valence-corrected chi connectivity index (χ4v) is 3.91. The van der Waals surface area contributed by atoms with Gasteiger partial charge in [-0.05, 0) is 39.3 Å². The van der Waals surface area contributed by atoms with E-state index in [2.05, 4.69) is 32.4 Å². The molecule has 0 radical (unpaired) electrons. The fraction of sp³-hybridized carbons (Fsp3) is 0.850. The van der Waals surface area contributed by atoms with Crippen molar-refractivity contribution < 1.29 is 19.5 Å². The number of carbonyl (C=O) groups is 3. The summed E-state index contributed by atoms with van der Waals surface area (Å²) in [5.74, 6) is -0.931. The summed E-state index contributed by atoms with van der Waals surface area (Å²) in [4.78, 5) is 41.5. The molecule has 0 aromatic heterocycles. The Morgan fingerprint density at radius 3 is 2.28 bits per heavy atom. The summed E-state index contributed by atoms with van der Waals surface area (Å²) in [7, 11) is 2.16. The summed E-state index contributed by atoms with van der Waals surface area (Å²) in [5.41, 5.74) is 0. The van der Waals surface area contributed by atoms with E-state index in [1.807, 2.05) is 0 Å². The van der Waals surface area contributed by atoms with Crippen LogP contribution in [0.4, 0.5) is 0 Å². The topological polar surface area (TPSA) is 105 Å². The molecule has 9 heteroatoms. The Morgan fingerprint density at radius 2 is 1.59 bits per heavy atom. The maximum Gasteiger partial charge on any atom is 0.303 e. The number of carboxylic acids is 1. The third-order valence-electron chi connectivity index (χ3n) is 5.70. The summed E-state index contributed by atoms with van der Waals surface area (Å²) in [6.45, 7) is 7.74. The molecule has 29 heavy (non-hydrogen) atoms. The van der Waals surface area contributed by atoms with Gasteiger partial charge in [-0.25, -0.2) is 0 Å². The Kier molecular flexibility index (Phi) is 10.4. The molecule has 0 spiro atoms. The van der Waals surface area contributed by atoms with Crippen LogP contribution in [0.1, 0.15) is 38.5 Å². The summed E-state index contributed by atoms with van der Waals surface area (Å²) < 4.78 is 0. The third-order valence-corrected chi connectivity index (χ3v) is 5.70. The van der Waals surface area contributed by atoms with Gasteiger partial charge in [0.25, 0.3) is 0 Å². The zero-order valence-corrected chi connectivity index (χ0v) is 17.7. The number of likely N-dealkylation sites (tertiary alicyclic amines) is 1. The molecule has 1 unspecified atom stereocenters. The van der Waals surface area contributed by atoms with Gasteiger partial charge in [-0.2, -0.15) is 0 Å². The van der Waals surface area contributed by atoms with E-state index < -0.39 is 5.97 Å². The van der Waals surface area contributed by atoms with Gasteiger partial charge in [0.05, 0.1) is 6.54 Å². The molecule has 1 atom stereocenters. The average Bonchev–Trinajstić information content (AvgIpc) is 3.10. The van der Waals surface area contributed by atoms with Gasteiger partial charge >= 0.3 is 5.97 Å². The molecule has 2 amide bonds. The third kappa shape index (κ3) is 9.56. The molecule has 2 rings (SSSR count). The van der Waals surface area contributed by atoms with E-state index in [1.165, 1.54) is 0 Å². The number of amides is 2. The Labute approximate surface area is 173 Å². The van der Waals surface area contributed by atoms with Crippen molar-refractivity contribution in [1.29, 1.82) is 0 Å². The molecular weight excluding hydrogens is 388 g/mol. The molecule has 2 saturated heterocycles. The number of piperazine rings is 1. The Bertz CT molecular complexity index is 537. The molecule has 0 bridgehead atoms. The zero-order chi connectivity index (χ0) is 21.1. The quantitative estimate of drug-likeness (QED) is 0.222. The Hall–Kier alpha value is -1.71. The van der Waals surface area contributed by atoms with Crippen LogP contribution in [0.3, 0.4) is 0 Å². The highest BCUT2D eigenvalue weighted by molar-refractivity contribution is 5.78. The van der Waals surface area contributed by atoms with Crippen molar-refractivity contribution >= 4 is 17.8 Å². The monoisotopic (exact) mass is 425 g/mol. The lowest BCUT2D eigenvalue weighted by Crippen LogP contribution is -2.50. The summed E-state index contributed by atoms with van der Waals surface area (Å²) in [6.07, 6.45) is 3.71. The summed E-state index contributed by atoms with van der Waals surface area (Å²) in [5, 5.41) is 14.2. The van der Waals surface area contributed by atoms with Crippen LogP contribution in [0.2, 0.25) is 0 Å². The van der Waals surface area contributed by atoms with Gasteiger partial charge in [-0.3, -0.25) is 24.2 Å². The molecular formula is C20H37N5O4. The summed E-state index contributed by atoms with van der Waals surface area (Å²) in [6, 6.07) is 0.459. The summed E-state index contributed by atoms with van der Waals surface area (Å²) >= 11 is 0. The number of hydrogen-bond donors (Lipinski definition) is 3. The van der Waals surface area contributed by atoms with E-state index in [4.69, 9.17) is 5.11 Å². The molecule has 2 aliphatic heterocycles. The lowest BCUT2D eigenvalue weighted by atomic mass is 10.3. The number of nitrogens with one attached hydrogen (secondary N) is 2. The van der Waals surface area contributed by atoms with Gasteiger partial charge in [-0.1, -0.05) is 0 Å². The minimum absolute atomic E-state index is 0.0251. The van der Waals surface area contributed by atoms with E-state index in [9.17, 15) is 14.4 Å². The highest BCUT2D eigenvalue weighted by Crippen LogP contribution is 2.18. The number of likely N-dealkylation sites (N-methyl/N-ethyl adjacent to an activating group) is 1. The second-order valence-corrected chi connectivity index (χ2v) is 8.17. The number of carboxylic acid groups (broad SMARTS) is 1. The maximum atomic E-state index is 12.3. The van der Waals surface area contributed by atoms with E-state index in [-0.39, 0.29) is 18.2 Å². The molecule has 0 saturated carbocycles. The van der Waals surface area contributed by atoms with Gasteiger partial charge < -0.3 is 20.6 Å². The first kappa shape index (κ1) is 23.6. The van der Waals surface area contributed by atoms with Crippen molar-refractivity contribution in [1.82, 2.24) is 25.3 Å². The molecule has 2 aliphatic rings. The Balaban J connectivity index is 1.55. The minimum atomic E-state index is -0.856. The van der Waals surface area contributed by atoms with Gasteiger partial charge in [-0.15, -0.1) is 0 Å². The number of carbonyl (C=O) groups excluding carboxylic acids is 2. The van der Waals surface area contributed by atoms with E-state index in [0.29, 0.717) is 44.9 Å². The molecule has 166 valence electrons. The van der Waals surface area contributed by atoms with Crippen molar-refractivity contribution in [3.05, 3.63) is 0 Å². The van der Waals surface area contributed by atoms with Gasteiger partial charge in [0, 0.05) is 64.7 Å². The first-order chi connectivity index (χ1) is 13.9. The second-order valence-electron chi connectivity index (χ2n) is 8.17. The smallest absolute Gasteiger partial charge is 0.303 e. The van der Waals surface area contributed by atoms with Crippen molar-refractivity contribution in [3.8, 4) is 0 Å². The predicted molar refractivity (Wildman–Crippen MR) is 111 cm³/mol. The minimum Gasteiger partial charge on any atom is -0.481 e. The van der Waals surface area contributed by atoms with Crippen LogP contribution < -0.4 is 10.6 Å². The first-order valence-corrected chi connectivity index (χ1v) is 10.8. The zero-order valence-electron chi connectivity index (χ0n) is 17.7. The lowest BCUT2D eigenvalue weighted by Gasteiger charge is -2.36. The van der Waals surface area contributed by atoms with Crippen molar-refractivity contribution in [3.63, 3.8) is 0 Å².